The van der Waals surface area contributed by atoms with Crippen molar-refractivity contribution in [2.24, 2.45) is 0 Å². The van der Waals surface area contributed by atoms with Crippen molar-refractivity contribution in [2.75, 3.05) is 5.32 Å². The molecule has 0 bridgehead atoms. The molecule has 1 aliphatic heterocycles. The number of halogens is 3. The maximum absolute atomic E-state index is 13.7. The minimum atomic E-state index is -4.77. The molecule has 2 aromatic carbocycles. The number of rotatable bonds is 5. The molecule has 2 heterocycles. The number of anilines is 1. The van der Waals surface area contributed by atoms with Crippen molar-refractivity contribution in [1.82, 2.24) is 5.32 Å². The summed E-state index contributed by atoms with van der Waals surface area (Å²) in [5, 5.41) is 17.8. The normalized spacial score (nSPS) is 17.4. The Morgan fingerprint density at radius 1 is 1.10 bits per heavy atom. The number of ketones is 1. The molecule has 0 fully saturated rings. The molecule has 1 aliphatic carbocycles. The highest BCUT2D eigenvalue weighted by Crippen LogP contribution is 2.45. The number of carbonyl (C=O) groups excluding carboxylic acids is 2. The summed E-state index contributed by atoms with van der Waals surface area (Å²) in [4.78, 5) is 37.6. The van der Waals surface area contributed by atoms with E-state index >= 15 is 0 Å². The van der Waals surface area contributed by atoms with Gasteiger partial charge in [-0.25, -0.2) is 0 Å². The number of carbonyl (C=O) groups is 2. The minimum absolute atomic E-state index is 0.0596. The molecule has 0 spiro atoms. The number of para-hydroxylation sites is 1. The number of nitro groups is 1. The first-order valence-electron chi connectivity index (χ1n) is 12.5. The Morgan fingerprint density at radius 3 is 2.55 bits per heavy atom. The lowest BCUT2D eigenvalue weighted by Crippen LogP contribution is -2.35. The molecule has 3 aromatic rings. The van der Waals surface area contributed by atoms with Crippen LogP contribution in [0.25, 0.3) is 11.3 Å². The molecule has 0 saturated carbocycles. The highest BCUT2D eigenvalue weighted by molar-refractivity contribution is 6.09. The maximum atomic E-state index is 13.7. The van der Waals surface area contributed by atoms with E-state index in [9.17, 15) is 32.9 Å². The topological polar surface area (TPSA) is 114 Å². The van der Waals surface area contributed by atoms with Gasteiger partial charge in [0, 0.05) is 35.1 Å². The van der Waals surface area contributed by atoms with Gasteiger partial charge in [-0.2, -0.15) is 13.2 Å². The van der Waals surface area contributed by atoms with Gasteiger partial charge in [-0.3, -0.25) is 19.7 Å². The van der Waals surface area contributed by atoms with Crippen LogP contribution in [0.5, 0.6) is 0 Å². The summed E-state index contributed by atoms with van der Waals surface area (Å²) in [5.41, 5.74) is 1.11. The lowest BCUT2D eigenvalue weighted by molar-refractivity contribution is -0.384. The number of hydrogen-bond acceptors (Lipinski definition) is 6. The standard InChI is InChI=1S/C29H24F3N3O5/c1-15-6-3-4-7-19(15)34-28(37)25-16(2)33-20-8-5-9-22(36)26(20)27(25)24-13-12-23(40-24)18-11-10-17(29(30,31)32)14-21(18)35(38)39/h3-4,6-7,10-14,27,33H,5,8-9H2,1-2H3,(H,34,37). The molecule has 40 heavy (non-hydrogen) atoms. The number of nitrogens with zero attached hydrogens (tertiary/aromatic N) is 1. The van der Waals surface area contributed by atoms with Crippen molar-refractivity contribution in [3.63, 3.8) is 0 Å². The number of Topliss-reactive ketones (excluding diaryl/α,β-unsaturated/α-hetero) is 1. The van der Waals surface area contributed by atoms with Crippen molar-refractivity contribution in [3.8, 4) is 11.3 Å². The van der Waals surface area contributed by atoms with Crippen LogP contribution >= 0.6 is 0 Å². The second-order valence-corrected chi connectivity index (χ2v) is 9.72. The van der Waals surface area contributed by atoms with Crippen molar-refractivity contribution in [1.29, 1.82) is 0 Å². The third-order valence-corrected chi connectivity index (χ3v) is 7.11. The number of furan rings is 1. The molecule has 1 amide bonds. The van der Waals surface area contributed by atoms with E-state index in [1.165, 1.54) is 12.1 Å². The van der Waals surface area contributed by atoms with E-state index < -0.39 is 34.2 Å². The van der Waals surface area contributed by atoms with Crippen LogP contribution in [-0.4, -0.2) is 16.6 Å². The molecule has 2 N–H and O–H groups in total. The number of allylic oxidation sites excluding steroid dienone is 3. The Balaban J connectivity index is 1.60. The fourth-order valence-corrected chi connectivity index (χ4v) is 5.19. The van der Waals surface area contributed by atoms with Gasteiger partial charge in [0.15, 0.2) is 5.78 Å². The largest absolute Gasteiger partial charge is 0.460 e. The summed E-state index contributed by atoms with van der Waals surface area (Å²) in [5.74, 6) is -1.44. The Hall–Kier alpha value is -4.67. The van der Waals surface area contributed by atoms with Gasteiger partial charge in [-0.05, 0) is 62.6 Å². The monoisotopic (exact) mass is 551 g/mol. The highest BCUT2D eigenvalue weighted by Gasteiger charge is 2.41. The molecule has 11 heteroatoms. The SMILES string of the molecule is CC1=C(C(=O)Nc2ccccc2C)C(c2ccc(-c3ccc(C(F)(F)F)cc3[N+](=O)[O-])o2)C2=C(CCCC2=O)N1. The Labute approximate surface area is 226 Å². The number of benzene rings is 2. The van der Waals surface area contributed by atoms with Crippen LogP contribution in [0.2, 0.25) is 0 Å². The zero-order valence-electron chi connectivity index (χ0n) is 21.5. The summed E-state index contributed by atoms with van der Waals surface area (Å²) in [6.45, 7) is 3.56. The Bertz CT molecular complexity index is 1620. The van der Waals surface area contributed by atoms with Gasteiger partial charge in [0.05, 0.1) is 27.5 Å². The van der Waals surface area contributed by atoms with Crippen molar-refractivity contribution in [2.45, 2.75) is 45.2 Å². The summed E-state index contributed by atoms with van der Waals surface area (Å²) >= 11 is 0. The molecule has 1 aromatic heterocycles. The molecule has 2 aliphatic rings. The Kier molecular flexibility index (Phi) is 6.82. The molecule has 0 radical (unpaired) electrons. The summed E-state index contributed by atoms with van der Waals surface area (Å²) in [6.07, 6.45) is -3.27. The first kappa shape index (κ1) is 26.9. The van der Waals surface area contributed by atoms with E-state index in [-0.39, 0.29) is 34.9 Å². The zero-order valence-corrected chi connectivity index (χ0v) is 21.5. The van der Waals surface area contributed by atoms with Crippen molar-refractivity contribution >= 4 is 23.1 Å². The van der Waals surface area contributed by atoms with Crippen LogP contribution in [0.15, 0.2) is 81.6 Å². The fourth-order valence-electron chi connectivity index (χ4n) is 5.19. The summed E-state index contributed by atoms with van der Waals surface area (Å²) in [7, 11) is 0. The minimum Gasteiger partial charge on any atom is -0.460 e. The maximum Gasteiger partial charge on any atom is 0.416 e. The van der Waals surface area contributed by atoms with Crippen LogP contribution in [0.3, 0.4) is 0 Å². The quantitative estimate of drug-likeness (QED) is 0.267. The second kappa shape index (κ2) is 10.1. The third kappa shape index (κ3) is 4.90. The second-order valence-electron chi connectivity index (χ2n) is 9.72. The van der Waals surface area contributed by atoms with Gasteiger partial charge in [0.2, 0.25) is 0 Å². The lowest BCUT2D eigenvalue weighted by atomic mass is 9.77. The first-order chi connectivity index (χ1) is 19.0. The van der Waals surface area contributed by atoms with Crippen LogP contribution in [0, 0.1) is 17.0 Å². The molecule has 1 atom stereocenters. The van der Waals surface area contributed by atoms with Gasteiger partial charge in [-0.1, -0.05) is 18.2 Å². The molecular weight excluding hydrogens is 527 g/mol. The van der Waals surface area contributed by atoms with E-state index in [1.807, 2.05) is 19.1 Å². The van der Waals surface area contributed by atoms with Crippen LogP contribution < -0.4 is 10.6 Å². The third-order valence-electron chi connectivity index (χ3n) is 7.11. The van der Waals surface area contributed by atoms with Crippen LogP contribution in [0.1, 0.15) is 49.0 Å². The van der Waals surface area contributed by atoms with Crippen molar-refractivity contribution < 1.29 is 32.1 Å². The zero-order chi connectivity index (χ0) is 28.8. The smallest absolute Gasteiger partial charge is 0.416 e. The van der Waals surface area contributed by atoms with Gasteiger partial charge < -0.3 is 15.1 Å². The van der Waals surface area contributed by atoms with E-state index in [1.54, 1.807) is 19.1 Å². The number of amides is 1. The van der Waals surface area contributed by atoms with E-state index in [0.717, 1.165) is 17.7 Å². The average Bonchev–Trinajstić information content (AvgIpc) is 3.38. The molecule has 8 nitrogen and oxygen atoms in total. The highest BCUT2D eigenvalue weighted by atomic mass is 19.4. The van der Waals surface area contributed by atoms with Gasteiger partial charge >= 0.3 is 6.18 Å². The number of dihydropyridines is 1. The first-order valence-corrected chi connectivity index (χ1v) is 12.5. The van der Waals surface area contributed by atoms with Gasteiger partial charge in [0.25, 0.3) is 11.6 Å². The lowest BCUT2D eigenvalue weighted by Gasteiger charge is -2.33. The number of nitrogens with one attached hydrogen (secondary N) is 2. The number of hydrogen-bond donors (Lipinski definition) is 2. The number of alkyl halides is 3. The Morgan fingerprint density at radius 2 is 1.85 bits per heavy atom. The molecular formula is C29H24F3N3O5. The molecule has 5 rings (SSSR count). The van der Waals surface area contributed by atoms with E-state index in [0.29, 0.717) is 41.6 Å². The van der Waals surface area contributed by atoms with Crippen LogP contribution in [0.4, 0.5) is 24.5 Å². The average molecular weight is 552 g/mol. The summed E-state index contributed by atoms with van der Waals surface area (Å²) < 4.78 is 45.6. The van der Waals surface area contributed by atoms with Crippen molar-refractivity contribution in [3.05, 3.63) is 104 Å². The molecule has 0 saturated heterocycles. The van der Waals surface area contributed by atoms with Crippen LogP contribution in [-0.2, 0) is 15.8 Å². The van der Waals surface area contributed by atoms with Gasteiger partial charge in [0.1, 0.15) is 11.5 Å². The van der Waals surface area contributed by atoms with E-state index in [4.69, 9.17) is 4.42 Å². The predicted molar refractivity (Wildman–Crippen MR) is 140 cm³/mol. The number of nitro benzene ring substituents is 1. The molecule has 206 valence electrons. The van der Waals surface area contributed by atoms with Gasteiger partial charge in [-0.15, -0.1) is 0 Å². The van der Waals surface area contributed by atoms with E-state index in [2.05, 4.69) is 10.6 Å². The summed E-state index contributed by atoms with van der Waals surface area (Å²) in [6, 6.07) is 12.3. The predicted octanol–water partition coefficient (Wildman–Crippen LogP) is 6.79. The number of aryl methyl sites for hydroxylation is 1. The fraction of sp³-hybridized carbons (Fsp3) is 0.241. The molecule has 1 unspecified atom stereocenters.